The molecular formula is C18H19Br. The molecule has 1 saturated carbocycles. The summed E-state index contributed by atoms with van der Waals surface area (Å²) >= 11 is 3.99. The second kappa shape index (κ2) is 4.79. The molecular weight excluding hydrogens is 296 g/mol. The Labute approximate surface area is 124 Å². The minimum Gasteiger partial charge on any atom is -0.0829 e. The van der Waals surface area contributed by atoms with E-state index in [0.29, 0.717) is 10.2 Å². The zero-order valence-electron chi connectivity index (χ0n) is 11.5. The number of halogens is 1. The number of alkyl halides is 1. The Morgan fingerprint density at radius 3 is 2.32 bits per heavy atom. The summed E-state index contributed by atoms with van der Waals surface area (Å²) in [5.74, 6) is 0. The summed E-state index contributed by atoms with van der Waals surface area (Å²) in [6, 6.07) is 17.7. The van der Waals surface area contributed by atoms with Gasteiger partial charge in [0.2, 0.25) is 0 Å². The summed E-state index contributed by atoms with van der Waals surface area (Å²) in [5.41, 5.74) is 5.95. The molecule has 0 bridgehead atoms. The number of hydrogen-bond donors (Lipinski definition) is 0. The van der Waals surface area contributed by atoms with E-state index in [1.807, 2.05) is 0 Å². The molecule has 0 nitrogen and oxygen atoms in total. The molecule has 19 heavy (non-hydrogen) atoms. The molecule has 1 fully saturated rings. The highest BCUT2D eigenvalue weighted by Gasteiger charge is 2.50. The van der Waals surface area contributed by atoms with Crippen LogP contribution in [0.4, 0.5) is 0 Å². The Balaban J connectivity index is 2.00. The number of hydrogen-bond acceptors (Lipinski definition) is 0. The van der Waals surface area contributed by atoms with Crippen LogP contribution < -0.4 is 0 Å². The van der Waals surface area contributed by atoms with Crippen LogP contribution in [0.3, 0.4) is 0 Å². The molecule has 0 heterocycles. The SMILES string of the molecule is Cc1ccc(C)c(C(Br)C2(c3ccccc3)CC2)c1. The molecule has 1 unspecified atom stereocenters. The largest absolute Gasteiger partial charge is 0.0829 e. The fraction of sp³-hybridized carbons (Fsp3) is 0.333. The Bertz CT molecular complexity index is 582. The van der Waals surface area contributed by atoms with Crippen molar-refractivity contribution >= 4 is 15.9 Å². The Morgan fingerprint density at radius 1 is 1.00 bits per heavy atom. The fourth-order valence-electron chi connectivity index (χ4n) is 2.92. The summed E-state index contributed by atoms with van der Waals surface area (Å²) in [6.45, 7) is 4.38. The van der Waals surface area contributed by atoms with Crippen molar-refractivity contribution < 1.29 is 0 Å². The minimum absolute atomic E-state index is 0.305. The average molecular weight is 315 g/mol. The first-order valence-electron chi connectivity index (χ1n) is 6.90. The molecule has 0 radical (unpaired) electrons. The van der Waals surface area contributed by atoms with Gasteiger partial charge >= 0.3 is 0 Å². The maximum Gasteiger partial charge on any atom is 0.0494 e. The second-order valence-corrected chi connectivity index (χ2v) is 6.66. The zero-order valence-corrected chi connectivity index (χ0v) is 13.1. The van der Waals surface area contributed by atoms with Gasteiger partial charge in [0.1, 0.15) is 0 Å². The van der Waals surface area contributed by atoms with Crippen LogP contribution in [0.2, 0.25) is 0 Å². The maximum atomic E-state index is 3.99. The van der Waals surface area contributed by atoms with E-state index in [1.54, 1.807) is 0 Å². The van der Waals surface area contributed by atoms with Crippen LogP contribution in [0, 0.1) is 13.8 Å². The van der Waals surface area contributed by atoms with Crippen molar-refractivity contribution in [3.05, 3.63) is 70.8 Å². The van der Waals surface area contributed by atoms with Crippen molar-refractivity contribution in [1.29, 1.82) is 0 Å². The smallest absolute Gasteiger partial charge is 0.0494 e. The molecule has 2 aromatic rings. The van der Waals surface area contributed by atoms with E-state index in [2.05, 4.69) is 78.3 Å². The van der Waals surface area contributed by atoms with E-state index >= 15 is 0 Å². The van der Waals surface area contributed by atoms with E-state index in [1.165, 1.54) is 35.1 Å². The number of benzene rings is 2. The quantitative estimate of drug-likeness (QED) is 0.659. The molecule has 0 spiro atoms. The van der Waals surface area contributed by atoms with Crippen molar-refractivity contribution in [2.75, 3.05) is 0 Å². The van der Waals surface area contributed by atoms with Crippen LogP contribution >= 0.6 is 15.9 Å². The molecule has 1 aliphatic carbocycles. The van der Waals surface area contributed by atoms with Crippen LogP contribution in [0.1, 0.15) is 39.9 Å². The monoisotopic (exact) mass is 314 g/mol. The van der Waals surface area contributed by atoms with Crippen LogP contribution in [0.25, 0.3) is 0 Å². The van der Waals surface area contributed by atoms with Crippen LogP contribution in [0.5, 0.6) is 0 Å². The normalized spacial score (nSPS) is 18.1. The predicted octanol–water partition coefficient (Wildman–Crippen LogP) is 5.47. The molecule has 0 aromatic heterocycles. The van der Waals surface area contributed by atoms with Crippen LogP contribution in [-0.4, -0.2) is 0 Å². The molecule has 2 aromatic carbocycles. The van der Waals surface area contributed by atoms with Crippen LogP contribution in [-0.2, 0) is 5.41 Å². The Kier molecular flexibility index (Phi) is 3.26. The van der Waals surface area contributed by atoms with Gasteiger partial charge in [-0.1, -0.05) is 70.0 Å². The lowest BCUT2D eigenvalue weighted by Crippen LogP contribution is -2.14. The third-order valence-corrected chi connectivity index (χ3v) is 5.70. The first-order chi connectivity index (χ1) is 9.13. The van der Waals surface area contributed by atoms with E-state index < -0.39 is 0 Å². The second-order valence-electron chi connectivity index (χ2n) is 5.74. The van der Waals surface area contributed by atoms with Crippen LogP contribution in [0.15, 0.2) is 48.5 Å². The molecule has 0 N–H and O–H groups in total. The molecule has 0 aliphatic heterocycles. The summed E-state index contributed by atoms with van der Waals surface area (Å²) in [7, 11) is 0. The number of aryl methyl sites for hydroxylation is 2. The number of rotatable bonds is 3. The molecule has 1 aliphatic rings. The zero-order chi connectivity index (χ0) is 13.5. The van der Waals surface area contributed by atoms with Gasteiger partial charge in [0, 0.05) is 10.2 Å². The molecule has 1 heteroatoms. The summed E-state index contributed by atoms with van der Waals surface area (Å²) in [5, 5.41) is 0. The van der Waals surface area contributed by atoms with Gasteiger partial charge in [0.15, 0.2) is 0 Å². The molecule has 0 saturated heterocycles. The van der Waals surface area contributed by atoms with Gasteiger partial charge in [-0.25, -0.2) is 0 Å². The molecule has 3 rings (SSSR count). The molecule has 98 valence electrons. The molecule has 1 atom stereocenters. The summed E-state index contributed by atoms with van der Waals surface area (Å²) in [6.07, 6.45) is 2.56. The van der Waals surface area contributed by atoms with Crippen molar-refractivity contribution in [3.8, 4) is 0 Å². The third-order valence-electron chi connectivity index (χ3n) is 4.33. The van der Waals surface area contributed by atoms with Gasteiger partial charge in [-0.2, -0.15) is 0 Å². The van der Waals surface area contributed by atoms with Crippen molar-refractivity contribution in [2.24, 2.45) is 0 Å². The third kappa shape index (κ3) is 2.25. The lowest BCUT2D eigenvalue weighted by molar-refractivity contribution is 0.678. The van der Waals surface area contributed by atoms with E-state index in [9.17, 15) is 0 Å². The Hall–Kier alpha value is -1.08. The first-order valence-corrected chi connectivity index (χ1v) is 7.82. The van der Waals surface area contributed by atoms with Gasteiger partial charge < -0.3 is 0 Å². The highest BCUT2D eigenvalue weighted by Crippen LogP contribution is 2.60. The van der Waals surface area contributed by atoms with Gasteiger partial charge in [0.05, 0.1) is 0 Å². The summed E-state index contributed by atoms with van der Waals surface area (Å²) < 4.78 is 0. The average Bonchev–Trinajstić information content (AvgIpc) is 3.23. The van der Waals surface area contributed by atoms with Gasteiger partial charge in [-0.3, -0.25) is 0 Å². The van der Waals surface area contributed by atoms with Gasteiger partial charge in [-0.05, 0) is 43.4 Å². The van der Waals surface area contributed by atoms with Gasteiger partial charge in [-0.15, -0.1) is 0 Å². The van der Waals surface area contributed by atoms with E-state index in [4.69, 9.17) is 0 Å². The fourth-order valence-corrected chi connectivity index (χ4v) is 4.14. The van der Waals surface area contributed by atoms with Crippen molar-refractivity contribution in [1.82, 2.24) is 0 Å². The first kappa shape index (κ1) is 12.9. The lowest BCUT2D eigenvalue weighted by Gasteiger charge is -2.24. The Morgan fingerprint density at radius 2 is 1.68 bits per heavy atom. The highest BCUT2D eigenvalue weighted by atomic mass is 79.9. The van der Waals surface area contributed by atoms with E-state index in [0.717, 1.165) is 0 Å². The maximum absolute atomic E-state index is 3.99. The predicted molar refractivity (Wildman–Crippen MR) is 84.9 cm³/mol. The minimum atomic E-state index is 0.305. The topological polar surface area (TPSA) is 0 Å². The van der Waals surface area contributed by atoms with Crippen molar-refractivity contribution in [3.63, 3.8) is 0 Å². The standard InChI is InChI=1S/C18H19Br/c1-13-8-9-14(2)16(12-13)17(19)18(10-11-18)15-6-4-3-5-7-15/h3-9,12,17H,10-11H2,1-2H3. The lowest BCUT2D eigenvalue weighted by atomic mass is 9.87. The van der Waals surface area contributed by atoms with Gasteiger partial charge in [0.25, 0.3) is 0 Å². The highest BCUT2D eigenvalue weighted by molar-refractivity contribution is 9.09. The van der Waals surface area contributed by atoms with E-state index in [-0.39, 0.29) is 0 Å². The molecule has 0 amide bonds. The van der Waals surface area contributed by atoms with Crippen molar-refractivity contribution in [2.45, 2.75) is 36.9 Å². The summed E-state index contributed by atoms with van der Waals surface area (Å²) in [4.78, 5) is 0.419.